The van der Waals surface area contributed by atoms with E-state index in [1.807, 2.05) is 0 Å². The minimum absolute atomic E-state index is 0.00122. The normalized spacial score (nSPS) is 12.1. The van der Waals surface area contributed by atoms with Gasteiger partial charge in [0.15, 0.2) is 0 Å². The van der Waals surface area contributed by atoms with Gasteiger partial charge in [-0.15, -0.1) is 6.42 Å². The highest BCUT2D eigenvalue weighted by Gasteiger charge is 2.14. The summed E-state index contributed by atoms with van der Waals surface area (Å²) < 4.78 is 5.34. The van der Waals surface area contributed by atoms with Crippen molar-refractivity contribution in [2.24, 2.45) is 0 Å². The first-order chi connectivity index (χ1) is 8.08. The SMILES string of the molecule is C#CC(CCC)NCc1cc(C(=O)O)c(C)o1. The molecule has 0 saturated carbocycles. The fraction of sp³-hybridized carbons (Fsp3) is 0.462. The van der Waals surface area contributed by atoms with Crippen molar-refractivity contribution in [3.05, 3.63) is 23.2 Å². The van der Waals surface area contributed by atoms with Crippen molar-refractivity contribution < 1.29 is 14.3 Å². The topological polar surface area (TPSA) is 62.5 Å². The lowest BCUT2D eigenvalue weighted by molar-refractivity contribution is 0.0695. The van der Waals surface area contributed by atoms with Crippen molar-refractivity contribution in [1.82, 2.24) is 5.32 Å². The Bertz CT molecular complexity index is 428. The molecule has 0 radical (unpaired) electrons. The van der Waals surface area contributed by atoms with E-state index in [-0.39, 0.29) is 11.6 Å². The molecule has 0 fully saturated rings. The number of furan rings is 1. The second-order valence-electron chi connectivity index (χ2n) is 3.88. The average Bonchev–Trinajstić information content (AvgIpc) is 2.66. The molecule has 17 heavy (non-hydrogen) atoms. The lowest BCUT2D eigenvalue weighted by Crippen LogP contribution is -2.26. The Morgan fingerprint density at radius 3 is 2.88 bits per heavy atom. The van der Waals surface area contributed by atoms with Gasteiger partial charge in [-0.2, -0.15) is 0 Å². The van der Waals surface area contributed by atoms with Crippen LogP contribution in [0.2, 0.25) is 0 Å². The number of hydrogen-bond donors (Lipinski definition) is 2. The van der Waals surface area contributed by atoms with E-state index in [1.165, 1.54) is 6.07 Å². The summed E-state index contributed by atoms with van der Waals surface area (Å²) in [5.74, 6) is 2.69. The van der Waals surface area contributed by atoms with Gasteiger partial charge < -0.3 is 9.52 Å². The van der Waals surface area contributed by atoms with E-state index in [9.17, 15) is 4.79 Å². The molecular weight excluding hydrogens is 218 g/mol. The maximum atomic E-state index is 10.8. The Kier molecular flexibility index (Phi) is 4.80. The van der Waals surface area contributed by atoms with E-state index in [4.69, 9.17) is 15.9 Å². The third-order valence-electron chi connectivity index (χ3n) is 2.50. The van der Waals surface area contributed by atoms with Crippen LogP contribution in [0, 0.1) is 19.3 Å². The number of carboxylic acids is 1. The predicted octanol–water partition coefficient (Wildman–Crippen LogP) is 2.18. The van der Waals surface area contributed by atoms with Crippen molar-refractivity contribution >= 4 is 5.97 Å². The Morgan fingerprint density at radius 2 is 2.41 bits per heavy atom. The summed E-state index contributed by atoms with van der Waals surface area (Å²) in [5.41, 5.74) is 0.203. The summed E-state index contributed by atoms with van der Waals surface area (Å²) in [7, 11) is 0. The molecule has 4 heteroatoms. The van der Waals surface area contributed by atoms with Crippen LogP contribution < -0.4 is 5.32 Å². The molecule has 4 nitrogen and oxygen atoms in total. The van der Waals surface area contributed by atoms with Crippen LogP contribution in [-0.2, 0) is 6.54 Å². The van der Waals surface area contributed by atoms with E-state index in [2.05, 4.69) is 18.2 Å². The average molecular weight is 235 g/mol. The van der Waals surface area contributed by atoms with E-state index < -0.39 is 5.97 Å². The van der Waals surface area contributed by atoms with Crippen molar-refractivity contribution in [3.8, 4) is 12.3 Å². The molecule has 1 unspecified atom stereocenters. The van der Waals surface area contributed by atoms with Gasteiger partial charge >= 0.3 is 5.97 Å². The second kappa shape index (κ2) is 6.12. The third-order valence-corrected chi connectivity index (χ3v) is 2.50. The second-order valence-corrected chi connectivity index (χ2v) is 3.88. The minimum Gasteiger partial charge on any atom is -0.478 e. The maximum absolute atomic E-state index is 10.8. The monoisotopic (exact) mass is 235 g/mol. The zero-order valence-corrected chi connectivity index (χ0v) is 10.1. The Balaban J connectivity index is 2.61. The fourth-order valence-corrected chi connectivity index (χ4v) is 1.60. The summed E-state index contributed by atoms with van der Waals surface area (Å²) in [6.45, 7) is 4.15. The molecule has 92 valence electrons. The van der Waals surface area contributed by atoms with Crippen LogP contribution in [-0.4, -0.2) is 17.1 Å². The molecule has 1 aromatic rings. The first-order valence-electron chi connectivity index (χ1n) is 5.60. The lowest BCUT2D eigenvalue weighted by atomic mass is 10.2. The number of carboxylic acid groups (broad SMARTS) is 1. The molecule has 2 N–H and O–H groups in total. The van der Waals surface area contributed by atoms with Crippen molar-refractivity contribution in [2.45, 2.75) is 39.3 Å². The van der Waals surface area contributed by atoms with Crippen molar-refractivity contribution in [3.63, 3.8) is 0 Å². The molecule has 0 spiro atoms. The predicted molar refractivity (Wildman–Crippen MR) is 64.8 cm³/mol. The summed E-state index contributed by atoms with van der Waals surface area (Å²) in [6.07, 6.45) is 7.26. The highest BCUT2D eigenvalue weighted by atomic mass is 16.4. The Hall–Kier alpha value is -1.73. The number of hydrogen-bond acceptors (Lipinski definition) is 3. The molecule has 1 atom stereocenters. The molecule has 1 aromatic heterocycles. The van der Waals surface area contributed by atoms with Gasteiger partial charge in [0.05, 0.1) is 12.6 Å². The van der Waals surface area contributed by atoms with Gasteiger partial charge in [0.2, 0.25) is 0 Å². The first kappa shape index (κ1) is 13.3. The van der Waals surface area contributed by atoms with Crippen molar-refractivity contribution in [2.75, 3.05) is 0 Å². The summed E-state index contributed by atoms with van der Waals surface area (Å²) in [6, 6.07) is 1.53. The van der Waals surface area contributed by atoms with Crippen LogP contribution in [0.25, 0.3) is 0 Å². The molecule has 0 bridgehead atoms. The van der Waals surface area contributed by atoms with Crippen LogP contribution in [0.3, 0.4) is 0 Å². The molecule has 0 aliphatic carbocycles. The molecular formula is C13H17NO3. The number of terminal acetylenes is 1. The smallest absolute Gasteiger partial charge is 0.339 e. The standard InChI is InChI=1S/C13H17NO3/c1-4-6-10(5-2)14-8-11-7-12(13(15)16)9(3)17-11/h2,7,10,14H,4,6,8H2,1,3H3,(H,15,16). The number of nitrogens with one attached hydrogen (secondary N) is 1. The van der Waals surface area contributed by atoms with Crippen LogP contribution in [0.5, 0.6) is 0 Å². The number of rotatable bonds is 6. The van der Waals surface area contributed by atoms with Gasteiger partial charge in [-0.05, 0) is 19.4 Å². The number of aromatic carboxylic acids is 1. The highest BCUT2D eigenvalue weighted by Crippen LogP contribution is 2.14. The zero-order chi connectivity index (χ0) is 12.8. The molecule has 1 heterocycles. The number of carbonyl (C=O) groups is 1. The molecule has 0 aromatic carbocycles. The van der Waals surface area contributed by atoms with Crippen LogP contribution in [0.15, 0.2) is 10.5 Å². The Morgan fingerprint density at radius 1 is 1.71 bits per heavy atom. The minimum atomic E-state index is -0.973. The van der Waals surface area contributed by atoms with Gasteiger partial charge in [-0.3, -0.25) is 5.32 Å². The Labute approximate surface area is 101 Å². The zero-order valence-electron chi connectivity index (χ0n) is 10.1. The van der Waals surface area contributed by atoms with Crippen LogP contribution >= 0.6 is 0 Å². The largest absolute Gasteiger partial charge is 0.478 e. The molecule has 1 rings (SSSR count). The first-order valence-corrected chi connectivity index (χ1v) is 5.60. The van der Waals surface area contributed by atoms with Gasteiger partial charge in [0, 0.05) is 0 Å². The van der Waals surface area contributed by atoms with E-state index in [0.717, 1.165) is 12.8 Å². The van der Waals surface area contributed by atoms with Crippen LogP contribution in [0.1, 0.15) is 41.6 Å². The molecule has 0 amide bonds. The summed E-state index contributed by atoms with van der Waals surface area (Å²) >= 11 is 0. The van der Waals surface area contributed by atoms with Gasteiger partial charge in [0.25, 0.3) is 0 Å². The molecule has 0 saturated heterocycles. The maximum Gasteiger partial charge on any atom is 0.339 e. The fourth-order valence-electron chi connectivity index (χ4n) is 1.60. The summed E-state index contributed by atoms with van der Waals surface area (Å²) in [5, 5.41) is 12.0. The summed E-state index contributed by atoms with van der Waals surface area (Å²) in [4.78, 5) is 10.8. The molecule has 0 aliphatic heterocycles. The van der Waals surface area contributed by atoms with E-state index in [1.54, 1.807) is 6.92 Å². The highest BCUT2D eigenvalue weighted by molar-refractivity contribution is 5.88. The van der Waals surface area contributed by atoms with E-state index >= 15 is 0 Å². The lowest BCUT2D eigenvalue weighted by Gasteiger charge is -2.09. The van der Waals surface area contributed by atoms with Crippen molar-refractivity contribution in [1.29, 1.82) is 0 Å². The van der Waals surface area contributed by atoms with E-state index in [0.29, 0.717) is 18.1 Å². The third kappa shape index (κ3) is 3.65. The van der Waals surface area contributed by atoms with Gasteiger partial charge in [-0.1, -0.05) is 19.3 Å². The van der Waals surface area contributed by atoms with Gasteiger partial charge in [0.1, 0.15) is 17.1 Å². The number of aryl methyl sites for hydroxylation is 1. The van der Waals surface area contributed by atoms with Gasteiger partial charge in [-0.25, -0.2) is 4.79 Å². The molecule has 0 aliphatic rings. The quantitative estimate of drug-likeness (QED) is 0.742. The van der Waals surface area contributed by atoms with Crippen LogP contribution in [0.4, 0.5) is 0 Å².